The second-order valence-electron chi connectivity index (χ2n) is 9.97. The van der Waals surface area contributed by atoms with Crippen LogP contribution in [0.3, 0.4) is 0 Å². The lowest BCUT2D eigenvalue weighted by Crippen LogP contribution is -2.18. The summed E-state index contributed by atoms with van der Waals surface area (Å²) in [6.45, 7) is 10.1. The van der Waals surface area contributed by atoms with Crippen LogP contribution in [0, 0.1) is 18.7 Å². The summed E-state index contributed by atoms with van der Waals surface area (Å²) in [5, 5.41) is 12.1. The van der Waals surface area contributed by atoms with Crippen LogP contribution in [0.1, 0.15) is 36.1 Å². The zero-order valence-corrected chi connectivity index (χ0v) is 21.8. The van der Waals surface area contributed by atoms with E-state index in [9.17, 15) is 4.39 Å². The van der Waals surface area contributed by atoms with Gasteiger partial charge in [-0.05, 0) is 67.2 Å². The zero-order chi connectivity index (χ0) is 26.9. The van der Waals surface area contributed by atoms with Gasteiger partial charge >= 0.3 is 0 Å². The highest BCUT2D eigenvalue weighted by Gasteiger charge is 2.21. The topological polar surface area (TPSA) is 82.3 Å². The molecule has 1 aliphatic rings. The van der Waals surface area contributed by atoms with Crippen LogP contribution in [0.2, 0.25) is 0 Å². The third kappa shape index (κ3) is 4.79. The van der Waals surface area contributed by atoms with E-state index < -0.39 is 0 Å². The molecule has 0 atom stereocenters. The third-order valence-corrected chi connectivity index (χ3v) is 7.38. The van der Waals surface area contributed by atoms with Gasteiger partial charge in [-0.2, -0.15) is 5.10 Å². The highest BCUT2D eigenvalue weighted by Crippen LogP contribution is 2.35. The number of allylic oxidation sites excluding steroid dienone is 3. The number of hydrogen-bond donors (Lipinski definition) is 3. The van der Waals surface area contributed by atoms with Crippen LogP contribution in [0.15, 0.2) is 92.1 Å². The lowest BCUT2D eigenvalue weighted by atomic mass is 9.83. The largest absolute Gasteiger partial charge is 0.358 e. The fraction of sp³-hybridized carbons (Fsp3) is 0.156. The molecule has 39 heavy (non-hydrogen) atoms. The number of hydrogen-bond acceptors (Lipinski definition) is 4. The first-order chi connectivity index (χ1) is 19.0. The van der Waals surface area contributed by atoms with Crippen molar-refractivity contribution in [2.24, 2.45) is 5.92 Å². The number of H-pyrrole nitrogens is 2. The molecule has 194 valence electrons. The highest BCUT2D eigenvalue weighted by atomic mass is 19.1. The number of fused-ring (bicyclic) bond motifs is 1. The number of halogens is 1. The molecule has 0 amide bonds. The van der Waals surface area contributed by atoms with Gasteiger partial charge in [0.2, 0.25) is 0 Å². The monoisotopic (exact) mass is 516 g/mol. The molecule has 1 aliphatic carbocycles. The first-order valence-corrected chi connectivity index (χ1v) is 13.0. The smallest absolute Gasteiger partial charge is 0.123 e. The summed E-state index contributed by atoms with van der Waals surface area (Å²) in [5.74, 6) is 0.270. The second kappa shape index (κ2) is 10.2. The van der Waals surface area contributed by atoms with Crippen molar-refractivity contribution in [2.45, 2.75) is 26.2 Å². The highest BCUT2D eigenvalue weighted by molar-refractivity contribution is 5.95. The van der Waals surface area contributed by atoms with E-state index in [1.807, 2.05) is 31.5 Å². The summed E-state index contributed by atoms with van der Waals surface area (Å²) in [5.41, 5.74) is 9.99. The Hall–Kier alpha value is -4.78. The van der Waals surface area contributed by atoms with E-state index in [2.05, 4.69) is 55.8 Å². The van der Waals surface area contributed by atoms with Crippen LogP contribution in [0.5, 0.6) is 0 Å². The predicted octanol–water partition coefficient (Wildman–Crippen LogP) is 7.81. The SMILES string of the molecule is C=C/C=C(/c1ccc(F)cc1)c1cc(-c2n[nH]c3cnc(-c4cncc(NC(=C)C5CCC5)c4)cc23)[nH]c1C. The van der Waals surface area contributed by atoms with Gasteiger partial charge in [0.05, 0.1) is 35.0 Å². The molecule has 5 aromatic rings. The molecule has 7 heteroatoms. The average Bonchev–Trinajstić information content (AvgIpc) is 3.49. The first kappa shape index (κ1) is 24.6. The van der Waals surface area contributed by atoms with Crippen molar-refractivity contribution in [2.75, 3.05) is 5.32 Å². The van der Waals surface area contributed by atoms with Gasteiger partial charge in [0.25, 0.3) is 0 Å². The summed E-state index contributed by atoms with van der Waals surface area (Å²) in [6.07, 6.45) is 12.7. The van der Waals surface area contributed by atoms with E-state index in [4.69, 9.17) is 0 Å². The van der Waals surface area contributed by atoms with Crippen molar-refractivity contribution in [3.8, 4) is 22.6 Å². The molecule has 0 saturated heterocycles. The summed E-state index contributed by atoms with van der Waals surface area (Å²) in [7, 11) is 0. The minimum atomic E-state index is -0.268. The molecule has 0 radical (unpaired) electrons. The third-order valence-electron chi connectivity index (χ3n) is 7.38. The van der Waals surface area contributed by atoms with E-state index >= 15 is 0 Å². The maximum Gasteiger partial charge on any atom is 0.123 e. The Morgan fingerprint density at radius 3 is 2.67 bits per heavy atom. The minimum absolute atomic E-state index is 0.268. The maximum atomic E-state index is 13.6. The van der Waals surface area contributed by atoms with Crippen molar-refractivity contribution >= 4 is 22.2 Å². The van der Waals surface area contributed by atoms with Crippen LogP contribution >= 0.6 is 0 Å². The summed E-state index contributed by atoms with van der Waals surface area (Å²) in [6, 6.07) is 12.6. The fourth-order valence-electron chi connectivity index (χ4n) is 5.03. The number of anilines is 1. The van der Waals surface area contributed by atoms with Crippen LogP contribution in [-0.4, -0.2) is 25.1 Å². The molecule has 0 bridgehead atoms. The Labute approximate surface area is 226 Å². The number of pyridine rings is 2. The summed E-state index contributed by atoms with van der Waals surface area (Å²) < 4.78 is 13.6. The molecular weight excluding hydrogens is 487 g/mol. The molecule has 6 nitrogen and oxygen atoms in total. The lowest BCUT2D eigenvalue weighted by molar-refractivity contribution is 0.371. The van der Waals surface area contributed by atoms with Crippen molar-refractivity contribution in [3.05, 3.63) is 115 Å². The van der Waals surface area contributed by atoms with Gasteiger partial charge in [0, 0.05) is 34.1 Å². The quantitative estimate of drug-likeness (QED) is 0.184. The van der Waals surface area contributed by atoms with Crippen molar-refractivity contribution in [3.63, 3.8) is 0 Å². The van der Waals surface area contributed by atoms with Gasteiger partial charge in [-0.25, -0.2) is 4.39 Å². The molecule has 6 rings (SSSR count). The van der Waals surface area contributed by atoms with E-state index in [0.717, 1.165) is 67.3 Å². The molecule has 4 heterocycles. The summed E-state index contributed by atoms with van der Waals surface area (Å²) in [4.78, 5) is 12.6. The number of aryl methyl sites for hydroxylation is 1. The van der Waals surface area contributed by atoms with Crippen molar-refractivity contribution in [1.29, 1.82) is 0 Å². The molecule has 0 unspecified atom stereocenters. The van der Waals surface area contributed by atoms with Gasteiger partial charge in [0.1, 0.15) is 11.5 Å². The standard InChI is InChI=1S/C32H29FN6/c1-4-6-26(22-9-11-24(33)12-10-22)27-14-30(37-20(27)3)32-28-15-29(35-18-31(28)38-39-32)23-13-25(17-34-16-23)36-19(2)21-7-5-8-21/h4,6,9-18,21,36-37H,1-2,5,7-8H2,3H3,(H,38,39)/b26-6-. The molecule has 0 spiro atoms. The van der Waals surface area contributed by atoms with Crippen molar-refractivity contribution in [1.82, 2.24) is 25.1 Å². The number of nitrogens with one attached hydrogen (secondary N) is 3. The summed E-state index contributed by atoms with van der Waals surface area (Å²) >= 11 is 0. The van der Waals surface area contributed by atoms with E-state index in [0.29, 0.717) is 5.92 Å². The Bertz CT molecular complexity index is 1720. The Morgan fingerprint density at radius 1 is 1.10 bits per heavy atom. The molecular formula is C32H29FN6. The lowest BCUT2D eigenvalue weighted by Gasteiger charge is -2.28. The maximum absolute atomic E-state index is 13.6. The minimum Gasteiger partial charge on any atom is -0.358 e. The Balaban J connectivity index is 1.35. The molecule has 0 aliphatic heterocycles. The van der Waals surface area contributed by atoms with E-state index in [1.165, 1.54) is 31.4 Å². The van der Waals surface area contributed by atoms with Gasteiger partial charge < -0.3 is 10.3 Å². The Morgan fingerprint density at radius 2 is 1.92 bits per heavy atom. The number of benzene rings is 1. The molecule has 1 aromatic carbocycles. The van der Waals surface area contributed by atoms with Crippen molar-refractivity contribution < 1.29 is 4.39 Å². The molecule has 1 saturated carbocycles. The number of aromatic nitrogens is 5. The zero-order valence-electron chi connectivity index (χ0n) is 21.8. The van der Waals surface area contributed by atoms with Crippen LogP contribution < -0.4 is 5.32 Å². The number of rotatable bonds is 8. The first-order valence-electron chi connectivity index (χ1n) is 13.0. The Kier molecular flexibility index (Phi) is 6.40. The van der Waals surface area contributed by atoms with E-state index in [-0.39, 0.29) is 5.82 Å². The second-order valence-corrected chi connectivity index (χ2v) is 9.97. The van der Waals surface area contributed by atoms with Gasteiger partial charge in [-0.3, -0.25) is 15.1 Å². The predicted molar refractivity (Wildman–Crippen MR) is 155 cm³/mol. The van der Waals surface area contributed by atoms with Crippen LogP contribution in [0.25, 0.3) is 39.1 Å². The molecule has 3 N–H and O–H groups in total. The molecule has 4 aromatic heterocycles. The van der Waals surface area contributed by atoms with Gasteiger partial charge in [-0.1, -0.05) is 43.9 Å². The number of aromatic amines is 2. The number of nitrogens with zero attached hydrogens (tertiary/aromatic N) is 3. The van der Waals surface area contributed by atoms with Gasteiger partial charge in [0.15, 0.2) is 0 Å². The fourth-order valence-corrected chi connectivity index (χ4v) is 5.03. The molecule has 1 fully saturated rings. The van der Waals surface area contributed by atoms with E-state index in [1.54, 1.807) is 24.4 Å². The normalized spacial score (nSPS) is 13.8. The van der Waals surface area contributed by atoms with Gasteiger partial charge in [-0.15, -0.1) is 0 Å². The van der Waals surface area contributed by atoms with Crippen LogP contribution in [0.4, 0.5) is 10.1 Å². The average molecular weight is 517 g/mol. The van der Waals surface area contributed by atoms with Crippen LogP contribution in [-0.2, 0) is 0 Å².